The van der Waals surface area contributed by atoms with Gasteiger partial charge in [0, 0.05) is 18.8 Å². The molecule has 0 aliphatic heterocycles. The van der Waals surface area contributed by atoms with Gasteiger partial charge in [-0.05, 0) is 35.6 Å². The monoisotopic (exact) mass is 264 g/mol. The van der Waals surface area contributed by atoms with E-state index < -0.39 is 0 Å². The highest BCUT2D eigenvalue weighted by Gasteiger charge is 2.00. The van der Waals surface area contributed by atoms with Crippen molar-refractivity contribution in [2.45, 2.75) is 32.1 Å². The third-order valence-electron chi connectivity index (χ3n) is 3.79. The summed E-state index contributed by atoms with van der Waals surface area (Å²) >= 11 is 0. The number of aromatic nitrogens is 2. The molecule has 2 aromatic carbocycles. The zero-order valence-electron chi connectivity index (χ0n) is 11.7. The molecule has 102 valence electrons. The van der Waals surface area contributed by atoms with Crippen LogP contribution in [0.25, 0.3) is 10.8 Å². The minimum absolute atomic E-state index is 1.06. The van der Waals surface area contributed by atoms with E-state index in [-0.39, 0.29) is 0 Å². The molecule has 0 bridgehead atoms. The highest BCUT2D eigenvalue weighted by atomic mass is 14.9. The molecule has 0 aliphatic rings. The van der Waals surface area contributed by atoms with Gasteiger partial charge < -0.3 is 4.98 Å². The fourth-order valence-electron chi connectivity index (χ4n) is 2.73. The Morgan fingerprint density at radius 2 is 1.70 bits per heavy atom. The van der Waals surface area contributed by atoms with E-state index in [1.165, 1.54) is 42.0 Å². The number of imidazole rings is 1. The van der Waals surface area contributed by atoms with Crippen LogP contribution in [0, 0.1) is 0 Å². The molecule has 0 fully saturated rings. The Hall–Kier alpha value is -2.09. The maximum Gasteiger partial charge on any atom is 0.105 e. The maximum atomic E-state index is 4.26. The van der Waals surface area contributed by atoms with E-state index in [4.69, 9.17) is 0 Å². The van der Waals surface area contributed by atoms with Crippen LogP contribution in [-0.4, -0.2) is 9.97 Å². The van der Waals surface area contributed by atoms with Crippen LogP contribution in [0.1, 0.15) is 30.7 Å². The number of hydrogen-bond acceptors (Lipinski definition) is 1. The normalized spacial score (nSPS) is 11.0. The number of hydrogen-bond donors (Lipinski definition) is 1. The van der Waals surface area contributed by atoms with Crippen molar-refractivity contribution in [3.8, 4) is 0 Å². The van der Waals surface area contributed by atoms with E-state index in [0.29, 0.717) is 0 Å². The van der Waals surface area contributed by atoms with E-state index in [2.05, 4.69) is 52.4 Å². The molecule has 0 unspecified atom stereocenters. The average Bonchev–Trinajstić information content (AvgIpc) is 3.00. The Kier molecular flexibility index (Phi) is 4.12. The summed E-state index contributed by atoms with van der Waals surface area (Å²) in [6.45, 7) is 0. The number of aromatic amines is 1. The number of fused-ring (bicyclic) bond motifs is 1. The summed E-state index contributed by atoms with van der Waals surface area (Å²) in [5.74, 6) is 1.11. The van der Waals surface area contributed by atoms with Crippen LogP contribution in [0.5, 0.6) is 0 Å². The Labute approximate surface area is 119 Å². The van der Waals surface area contributed by atoms with E-state index in [9.17, 15) is 0 Å². The second-order valence-corrected chi connectivity index (χ2v) is 5.23. The molecule has 0 saturated carbocycles. The lowest BCUT2D eigenvalue weighted by Gasteiger charge is -2.06. The summed E-state index contributed by atoms with van der Waals surface area (Å²) in [5, 5.41) is 2.75. The van der Waals surface area contributed by atoms with E-state index >= 15 is 0 Å². The highest BCUT2D eigenvalue weighted by molar-refractivity contribution is 5.85. The van der Waals surface area contributed by atoms with Crippen LogP contribution in [0.2, 0.25) is 0 Å². The summed E-state index contributed by atoms with van der Waals surface area (Å²) in [6, 6.07) is 15.3. The Bertz CT molecular complexity index is 651. The van der Waals surface area contributed by atoms with E-state index in [1.807, 2.05) is 12.4 Å². The third kappa shape index (κ3) is 3.08. The molecule has 0 radical (unpaired) electrons. The van der Waals surface area contributed by atoms with Crippen LogP contribution < -0.4 is 0 Å². The number of benzene rings is 2. The van der Waals surface area contributed by atoms with Crippen molar-refractivity contribution in [2.24, 2.45) is 0 Å². The first-order chi connectivity index (χ1) is 9.93. The zero-order chi connectivity index (χ0) is 13.6. The van der Waals surface area contributed by atoms with Crippen LogP contribution in [0.15, 0.2) is 54.9 Å². The standard InChI is InChI=1S/C18H20N2/c1(3-12-18-19-13-14-20-18)2-7-15-9-6-10-16-8-4-5-11-17(15)16/h4-6,8-11,13-14H,1-3,7,12H2,(H,19,20). The second kappa shape index (κ2) is 6.38. The molecule has 0 saturated heterocycles. The molecule has 1 aromatic heterocycles. The van der Waals surface area contributed by atoms with Gasteiger partial charge >= 0.3 is 0 Å². The SMILES string of the molecule is c1ccc2c(CCCCCc3ncc[nH]3)cccc2c1. The largest absolute Gasteiger partial charge is 0.349 e. The van der Waals surface area contributed by atoms with Crippen LogP contribution in [0.4, 0.5) is 0 Å². The van der Waals surface area contributed by atoms with Gasteiger partial charge in [-0.1, -0.05) is 48.9 Å². The number of nitrogens with one attached hydrogen (secondary N) is 1. The van der Waals surface area contributed by atoms with Gasteiger partial charge in [0.15, 0.2) is 0 Å². The fourth-order valence-corrected chi connectivity index (χ4v) is 2.73. The fraction of sp³-hybridized carbons (Fsp3) is 0.278. The predicted octanol–water partition coefficient (Wildman–Crippen LogP) is 4.52. The molecule has 0 spiro atoms. The van der Waals surface area contributed by atoms with Gasteiger partial charge in [-0.3, -0.25) is 0 Å². The van der Waals surface area contributed by atoms with Crippen LogP contribution in [-0.2, 0) is 12.8 Å². The van der Waals surface area contributed by atoms with E-state index in [0.717, 1.165) is 12.2 Å². The van der Waals surface area contributed by atoms with Crippen molar-refractivity contribution in [3.05, 3.63) is 66.2 Å². The van der Waals surface area contributed by atoms with Crippen LogP contribution in [0.3, 0.4) is 0 Å². The Morgan fingerprint density at radius 1 is 0.850 bits per heavy atom. The summed E-state index contributed by atoms with van der Waals surface area (Å²) < 4.78 is 0. The van der Waals surface area contributed by atoms with Crippen molar-refractivity contribution in [2.75, 3.05) is 0 Å². The van der Waals surface area contributed by atoms with E-state index in [1.54, 1.807) is 0 Å². The molecule has 0 aliphatic carbocycles. The van der Waals surface area contributed by atoms with Crippen molar-refractivity contribution in [1.82, 2.24) is 9.97 Å². The molecule has 1 heterocycles. The van der Waals surface area contributed by atoms with Crippen molar-refractivity contribution < 1.29 is 0 Å². The quantitative estimate of drug-likeness (QED) is 0.652. The summed E-state index contributed by atoms with van der Waals surface area (Å²) in [7, 11) is 0. The molecule has 3 aromatic rings. The molecule has 0 atom stereocenters. The summed E-state index contributed by atoms with van der Waals surface area (Å²) in [4.78, 5) is 7.42. The molecule has 2 heteroatoms. The van der Waals surface area contributed by atoms with Crippen LogP contribution >= 0.6 is 0 Å². The van der Waals surface area contributed by atoms with Gasteiger partial charge in [0.2, 0.25) is 0 Å². The second-order valence-electron chi connectivity index (χ2n) is 5.23. The average molecular weight is 264 g/mol. The minimum atomic E-state index is 1.06. The summed E-state index contributed by atoms with van der Waals surface area (Å²) in [6.07, 6.45) is 9.65. The molecule has 2 nitrogen and oxygen atoms in total. The lowest BCUT2D eigenvalue weighted by Crippen LogP contribution is -1.91. The molecular formula is C18H20N2. The van der Waals surface area contributed by atoms with Crippen molar-refractivity contribution in [1.29, 1.82) is 0 Å². The topological polar surface area (TPSA) is 28.7 Å². The molecule has 3 rings (SSSR count). The molecule has 0 amide bonds. The molecule has 20 heavy (non-hydrogen) atoms. The smallest absolute Gasteiger partial charge is 0.105 e. The minimum Gasteiger partial charge on any atom is -0.349 e. The zero-order valence-corrected chi connectivity index (χ0v) is 11.7. The van der Waals surface area contributed by atoms with Gasteiger partial charge in [-0.15, -0.1) is 0 Å². The third-order valence-corrected chi connectivity index (χ3v) is 3.79. The molecule has 1 N–H and O–H groups in total. The van der Waals surface area contributed by atoms with Gasteiger partial charge in [0.25, 0.3) is 0 Å². The van der Waals surface area contributed by atoms with Gasteiger partial charge in [-0.25, -0.2) is 4.98 Å². The number of unbranched alkanes of at least 4 members (excludes halogenated alkanes) is 2. The van der Waals surface area contributed by atoms with Gasteiger partial charge in [0.05, 0.1) is 0 Å². The lowest BCUT2D eigenvalue weighted by atomic mass is 9.99. The van der Waals surface area contributed by atoms with Crippen molar-refractivity contribution >= 4 is 10.8 Å². The van der Waals surface area contributed by atoms with Gasteiger partial charge in [-0.2, -0.15) is 0 Å². The Balaban J connectivity index is 1.52. The Morgan fingerprint density at radius 3 is 2.60 bits per heavy atom. The number of nitrogens with zero attached hydrogens (tertiary/aromatic N) is 1. The summed E-state index contributed by atoms with van der Waals surface area (Å²) in [5.41, 5.74) is 1.47. The number of aryl methyl sites for hydroxylation is 2. The first-order valence-corrected chi connectivity index (χ1v) is 7.38. The number of H-pyrrole nitrogens is 1. The van der Waals surface area contributed by atoms with Crippen molar-refractivity contribution in [3.63, 3.8) is 0 Å². The molecular weight excluding hydrogens is 244 g/mol. The lowest BCUT2D eigenvalue weighted by molar-refractivity contribution is 0.667. The van der Waals surface area contributed by atoms with Gasteiger partial charge in [0.1, 0.15) is 5.82 Å². The number of rotatable bonds is 6. The predicted molar refractivity (Wildman–Crippen MR) is 83.8 cm³/mol. The first-order valence-electron chi connectivity index (χ1n) is 7.38. The highest BCUT2D eigenvalue weighted by Crippen LogP contribution is 2.20. The first kappa shape index (κ1) is 12.9. The maximum absolute atomic E-state index is 4.26.